The van der Waals surface area contributed by atoms with Gasteiger partial charge in [0.05, 0.1) is 11.9 Å². The lowest BCUT2D eigenvalue weighted by Crippen LogP contribution is -2.22. The average molecular weight is 242 g/mol. The smallest absolute Gasteiger partial charge is 0.150 e. The predicted molar refractivity (Wildman–Crippen MR) is 65.3 cm³/mol. The zero-order valence-corrected chi connectivity index (χ0v) is 10.7. The third-order valence-corrected chi connectivity index (χ3v) is 3.57. The molecule has 0 saturated carbocycles. The van der Waals surface area contributed by atoms with Gasteiger partial charge in [0.1, 0.15) is 9.84 Å². The summed E-state index contributed by atoms with van der Waals surface area (Å²) in [7, 11) is -3.12. The Morgan fingerprint density at radius 1 is 1.25 bits per heavy atom. The molecule has 1 atom stereocenters. The van der Waals surface area contributed by atoms with Crippen LogP contribution in [0.25, 0.3) is 0 Å². The first kappa shape index (κ1) is 13.2. The van der Waals surface area contributed by atoms with Gasteiger partial charge in [0.25, 0.3) is 0 Å². The van der Waals surface area contributed by atoms with E-state index >= 15 is 0 Å². The molecule has 0 bridgehead atoms. The average Bonchev–Trinajstić information content (AvgIpc) is 2.08. The minimum atomic E-state index is -3.12. The summed E-state index contributed by atoms with van der Waals surface area (Å²) in [6.45, 7) is 3.94. The van der Waals surface area contributed by atoms with E-state index in [4.69, 9.17) is 0 Å². The Morgan fingerprint density at radius 2 is 1.75 bits per heavy atom. The number of hydrogen-bond donors (Lipinski definition) is 1. The summed E-state index contributed by atoms with van der Waals surface area (Å²) in [4.78, 5) is 0. The maximum absolute atomic E-state index is 11.0. The van der Waals surface area contributed by atoms with Crippen LogP contribution in [-0.4, -0.2) is 31.6 Å². The van der Waals surface area contributed by atoms with Gasteiger partial charge in [-0.15, -0.1) is 0 Å². The normalized spacial score (nSPS) is 13.8. The van der Waals surface area contributed by atoms with Crippen molar-refractivity contribution >= 4 is 9.84 Å². The molecule has 0 aliphatic rings. The van der Waals surface area contributed by atoms with Crippen LogP contribution in [0.15, 0.2) is 18.2 Å². The Morgan fingerprint density at radius 3 is 2.19 bits per heavy atom. The van der Waals surface area contributed by atoms with Crippen LogP contribution in [-0.2, 0) is 16.3 Å². The fourth-order valence-corrected chi connectivity index (χ4v) is 2.63. The number of rotatable bonds is 4. The molecule has 4 heteroatoms. The summed E-state index contributed by atoms with van der Waals surface area (Å²) < 4.78 is 22.1. The third kappa shape index (κ3) is 3.94. The van der Waals surface area contributed by atoms with Crippen molar-refractivity contribution in [2.45, 2.75) is 26.4 Å². The molecule has 1 rings (SSSR count). The lowest BCUT2D eigenvalue weighted by molar-refractivity contribution is 0.197. The molecule has 16 heavy (non-hydrogen) atoms. The molecule has 0 radical (unpaired) electrons. The highest BCUT2D eigenvalue weighted by Gasteiger charge is 2.14. The Bertz CT molecular complexity index is 443. The number of aliphatic hydroxyl groups is 1. The third-order valence-electron chi connectivity index (χ3n) is 2.58. The van der Waals surface area contributed by atoms with Gasteiger partial charge in [0, 0.05) is 6.26 Å². The van der Waals surface area contributed by atoms with Crippen LogP contribution in [0, 0.1) is 13.8 Å². The highest BCUT2D eigenvalue weighted by molar-refractivity contribution is 7.90. The molecule has 0 saturated heterocycles. The monoisotopic (exact) mass is 242 g/mol. The molecule has 3 nitrogen and oxygen atoms in total. The van der Waals surface area contributed by atoms with Gasteiger partial charge in [-0.2, -0.15) is 0 Å². The zero-order chi connectivity index (χ0) is 12.3. The summed E-state index contributed by atoms with van der Waals surface area (Å²) in [6.07, 6.45) is 0.710. The maximum Gasteiger partial charge on any atom is 0.150 e. The number of aliphatic hydroxyl groups excluding tert-OH is 1. The molecule has 0 amide bonds. The van der Waals surface area contributed by atoms with E-state index in [1.165, 1.54) is 0 Å². The molecular weight excluding hydrogens is 224 g/mol. The predicted octanol–water partition coefficient (Wildman–Crippen LogP) is 1.25. The van der Waals surface area contributed by atoms with Crippen molar-refractivity contribution in [3.8, 4) is 0 Å². The van der Waals surface area contributed by atoms with E-state index in [9.17, 15) is 13.5 Å². The minimum Gasteiger partial charge on any atom is -0.392 e. The van der Waals surface area contributed by atoms with Gasteiger partial charge in [-0.1, -0.05) is 18.2 Å². The first-order valence-corrected chi connectivity index (χ1v) is 7.26. The number of sulfone groups is 1. The molecule has 0 fully saturated rings. The van der Waals surface area contributed by atoms with E-state index < -0.39 is 15.9 Å². The SMILES string of the molecule is Cc1cccc(C)c1CC(O)CS(C)(=O)=O. The Hall–Kier alpha value is -0.870. The summed E-state index contributed by atoms with van der Waals surface area (Å²) in [5, 5.41) is 9.71. The summed E-state index contributed by atoms with van der Waals surface area (Å²) in [5.41, 5.74) is 3.22. The van der Waals surface area contributed by atoms with Crippen LogP contribution in [0.1, 0.15) is 16.7 Å². The second-order valence-electron chi connectivity index (χ2n) is 4.32. The highest BCUT2D eigenvalue weighted by atomic mass is 32.2. The van der Waals surface area contributed by atoms with Crippen molar-refractivity contribution < 1.29 is 13.5 Å². The minimum absolute atomic E-state index is 0.180. The van der Waals surface area contributed by atoms with Gasteiger partial charge in [0.2, 0.25) is 0 Å². The first-order valence-electron chi connectivity index (χ1n) is 5.20. The van der Waals surface area contributed by atoms with Crippen LogP contribution in [0.3, 0.4) is 0 Å². The van der Waals surface area contributed by atoms with Crippen LogP contribution in [0.2, 0.25) is 0 Å². The van der Waals surface area contributed by atoms with Crippen molar-refractivity contribution in [1.29, 1.82) is 0 Å². The molecule has 0 aliphatic heterocycles. The lowest BCUT2D eigenvalue weighted by atomic mass is 9.98. The lowest BCUT2D eigenvalue weighted by Gasteiger charge is -2.13. The van der Waals surface area contributed by atoms with Crippen molar-refractivity contribution in [3.05, 3.63) is 34.9 Å². The van der Waals surface area contributed by atoms with Gasteiger partial charge in [-0.3, -0.25) is 0 Å². The van der Waals surface area contributed by atoms with E-state index in [2.05, 4.69) is 0 Å². The number of hydrogen-bond acceptors (Lipinski definition) is 3. The fraction of sp³-hybridized carbons (Fsp3) is 0.500. The van der Waals surface area contributed by atoms with Crippen molar-refractivity contribution in [2.24, 2.45) is 0 Å². The van der Waals surface area contributed by atoms with Gasteiger partial charge < -0.3 is 5.11 Å². The Balaban J connectivity index is 2.81. The fourth-order valence-electron chi connectivity index (χ4n) is 1.81. The first-order chi connectivity index (χ1) is 7.29. The highest BCUT2D eigenvalue weighted by Crippen LogP contribution is 2.15. The van der Waals surface area contributed by atoms with Crippen LogP contribution in [0.5, 0.6) is 0 Å². The van der Waals surface area contributed by atoms with Gasteiger partial charge in [0.15, 0.2) is 0 Å². The van der Waals surface area contributed by atoms with Crippen molar-refractivity contribution in [3.63, 3.8) is 0 Å². The van der Waals surface area contributed by atoms with E-state index in [0.29, 0.717) is 6.42 Å². The standard InChI is InChI=1S/C12H18O3S/c1-9-5-4-6-10(2)12(9)7-11(13)8-16(3,14)15/h4-6,11,13H,7-8H2,1-3H3. The Kier molecular flexibility index (Phi) is 4.10. The van der Waals surface area contributed by atoms with Crippen molar-refractivity contribution in [2.75, 3.05) is 12.0 Å². The molecule has 1 aromatic carbocycles. The quantitative estimate of drug-likeness (QED) is 0.864. The van der Waals surface area contributed by atoms with Gasteiger partial charge >= 0.3 is 0 Å². The summed E-state index contributed by atoms with van der Waals surface area (Å²) in [5.74, 6) is -0.180. The molecule has 1 N–H and O–H groups in total. The number of benzene rings is 1. The molecule has 0 aromatic heterocycles. The van der Waals surface area contributed by atoms with Crippen molar-refractivity contribution in [1.82, 2.24) is 0 Å². The second-order valence-corrected chi connectivity index (χ2v) is 6.51. The van der Waals surface area contributed by atoms with E-state index in [-0.39, 0.29) is 5.75 Å². The van der Waals surface area contributed by atoms with Crippen LogP contribution >= 0.6 is 0 Å². The molecule has 0 spiro atoms. The molecule has 1 aromatic rings. The largest absolute Gasteiger partial charge is 0.392 e. The molecular formula is C12H18O3S. The number of aryl methyl sites for hydroxylation is 2. The maximum atomic E-state index is 11.0. The molecule has 1 unspecified atom stereocenters. The summed E-state index contributed by atoms with van der Waals surface area (Å²) in [6, 6.07) is 5.89. The second kappa shape index (κ2) is 4.97. The topological polar surface area (TPSA) is 54.4 Å². The molecule has 0 heterocycles. The van der Waals surface area contributed by atoms with E-state index in [1.807, 2.05) is 32.0 Å². The summed E-state index contributed by atoms with van der Waals surface area (Å²) >= 11 is 0. The van der Waals surface area contributed by atoms with E-state index in [1.54, 1.807) is 0 Å². The van der Waals surface area contributed by atoms with Crippen LogP contribution < -0.4 is 0 Å². The molecule has 90 valence electrons. The van der Waals surface area contributed by atoms with Crippen LogP contribution in [0.4, 0.5) is 0 Å². The van der Waals surface area contributed by atoms with E-state index in [0.717, 1.165) is 22.9 Å². The van der Waals surface area contributed by atoms with Gasteiger partial charge in [-0.25, -0.2) is 8.42 Å². The van der Waals surface area contributed by atoms with Gasteiger partial charge in [-0.05, 0) is 37.0 Å². The Labute approximate surface area is 97.0 Å². The zero-order valence-electron chi connectivity index (χ0n) is 9.90. The molecule has 0 aliphatic carbocycles.